The summed E-state index contributed by atoms with van der Waals surface area (Å²) in [5.41, 5.74) is 12.4. The van der Waals surface area contributed by atoms with E-state index in [9.17, 15) is 14.4 Å². The summed E-state index contributed by atoms with van der Waals surface area (Å²) in [6, 6.07) is 0. The number of aryl methyl sites for hydroxylation is 1. The van der Waals surface area contributed by atoms with Crippen LogP contribution in [0.25, 0.3) is 0 Å². The Morgan fingerprint density at radius 2 is 1.81 bits per heavy atom. The number of fused-ring (bicyclic) bond motifs is 1. The fourth-order valence-corrected chi connectivity index (χ4v) is 5.12. The second-order valence-electron chi connectivity index (χ2n) is 7.10. The number of anilines is 1. The molecule has 142 valence electrons. The minimum absolute atomic E-state index is 0.0457. The van der Waals surface area contributed by atoms with E-state index in [0.717, 1.165) is 57.2 Å². The summed E-state index contributed by atoms with van der Waals surface area (Å²) in [6.07, 6.45) is 5.82. The van der Waals surface area contributed by atoms with Gasteiger partial charge in [-0.15, -0.1) is 11.3 Å². The second-order valence-corrected chi connectivity index (χ2v) is 8.20. The zero-order chi connectivity index (χ0) is 18.7. The summed E-state index contributed by atoms with van der Waals surface area (Å²) in [5.74, 6) is -0.852. The summed E-state index contributed by atoms with van der Waals surface area (Å²) >= 11 is 1.49. The highest BCUT2D eigenvalue weighted by atomic mass is 32.1. The molecule has 0 radical (unpaired) electrons. The fourth-order valence-electron chi connectivity index (χ4n) is 3.80. The molecule has 7 nitrogen and oxygen atoms in total. The molecule has 3 rings (SSSR count). The molecule has 0 spiro atoms. The molecule has 2 aliphatic rings. The Morgan fingerprint density at radius 3 is 2.46 bits per heavy atom. The smallest absolute Gasteiger partial charge is 0.251 e. The van der Waals surface area contributed by atoms with Crippen LogP contribution in [0.4, 0.5) is 5.00 Å². The van der Waals surface area contributed by atoms with Gasteiger partial charge in [0.15, 0.2) is 0 Å². The van der Waals surface area contributed by atoms with E-state index in [2.05, 4.69) is 10.2 Å². The quantitative estimate of drug-likeness (QED) is 0.690. The van der Waals surface area contributed by atoms with Gasteiger partial charge in [0.2, 0.25) is 11.8 Å². The normalized spacial score (nSPS) is 18.3. The molecule has 1 aromatic rings. The number of nitrogens with two attached hydrogens (primary N) is 2. The summed E-state index contributed by atoms with van der Waals surface area (Å²) in [7, 11) is 0. The first-order chi connectivity index (χ1) is 12.5. The molecule has 0 saturated carbocycles. The number of rotatable bonds is 6. The molecule has 0 atom stereocenters. The predicted molar refractivity (Wildman–Crippen MR) is 101 cm³/mol. The monoisotopic (exact) mass is 378 g/mol. The molecule has 2 heterocycles. The molecule has 8 heteroatoms. The van der Waals surface area contributed by atoms with Crippen molar-refractivity contribution in [1.82, 2.24) is 4.90 Å². The van der Waals surface area contributed by atoms with Crippen LogP contribution in [0.3, 0.4) is 0 Å². The summed E-state index contributed by atoms with van der Waals surface area (Å²) in [5, 5.41) is 3.49. The van der Waals surface area contributed by atoms with E-state index in [0.29, 0.717) is 23.5 Å². The van der Waals surface area contributed by atoms with Gasteiger partial charge >= 0.3 is 0 Å². The van der Waals surface area contributed by atoms with Crippen LogP contribution in [0.2, 0.25) is 0 Å². The molecule has 0 bridgehead atoms. The van der Waals surface area contributed by atoms with Crippen molar-refractivity contribution in [3.63, 3.8) is 0 Å². The Morgan fingerprint density at radius 1 is 1.12 bits per heavy atom. The first-order valence-corrected chi connectivity index (χ1v) is 10.0. The first-order valence-electron chi connectivity index (χ1n) is 9.21. The van der Waals surface area contributed by atoms with Crippen LogP contribution < -0.4 is 16.8 Å². The van der Waals surface area contributed by atoms with Crippen LogP contribution in [0.1, 0.15) is 52.9 Å². The maximum Gasteiger partial charge on any atom is 0.251 e. The van der Waals surface area contributed by atoms with Gasteiger partial charge in [-0.05, 0) is 57.2 Å². The standard InChI is InChI=1S/C18H26N4O3S/c19-16(24)11-5-8-22(9-6-11)10-7-14(23)21-18-15(17(20)25)12-3-1-2-4-13(12)26-18/h11H,1-10H2,(H2,19,24)(H2,20,25)(H,21,23). The Labute approximate surface area is 157 Å². The van der Waals surface area contributed by atoms with Crippen molar-refractivity contribution in [3.8, 4) is 0 Å². The maximum absolute atomic E-state index is 12.4. The maximum atomic E-state index is 12.4. The third-order valence-corrected chi connectivity index (χ3v) is 6.52. The number of hydrogen-bond acceptors (Lipinski definition) is 5. The molecule has 1 saturated heterocycles. The molecule has 1 aliphatic carbocycles. The van der Waals surface area contributed by atoms with Crippen molar-refractivity contribution in [1.29, 1.82) is 0 Å². The molecular weight excluding hydrogens is 352 g/mol. The molecule has 0 aromatic carbocycles. The fraction of sp³-hybridized carbons (Fsp3) is 0.611. The molecule has 1 aliphatic heterocycles. The van der Waals surface area contributed by atoms with E-state index >= 15 is 0 Å². The number of nitrogens with one attached hydrogen (secondary N) is 1. The number of nitrogens with zero attached hydrogens (tertiary/aromatic N) is 1. The number of thiophene rings is 1. The van der Waals surface area contributed by atoms with Crippen LogP contribution in [0.15, 0.2) is 0 Å². The lowest BCUT2D eigenvalue weighted by Crippen LogP contribution is -2.39. The molecule has 1 aromatic heterocycles. The van der Waals surface area contributed by atoms with E-state index < -0.39 is 5.91 Å². The van der Waals surface area contributed by atoms with Crippen molar-refractivity contribution < 1.29 is 14.4 Å². The topological polar surface area (TPSA) is 119 Å². The van der Waals surface area contributed by atoms with Gasteiger partial charge in [0.05, 0.1) is 5.56 Å². The minimum atomic E-state index is -0.465. The molecule has 26 heavy (non-hydrogen) atoms. The molecular formula is C18H26N4O3S. The van der Waals surface area contributed by atoms with E-state index in [1.54, 1.807) is 0 Å². The summed E-state index contributed by atoms with van der Waals surface area (Å²) in [6.45, 7) is 2.19. The highest BCUT2D eigenvalue weighted by molar-refractivity contribution is 7.17. The highest BCUT2D eigenvalue weighted by Crippen LogP contribution is 2.37. The number of carbonyl (C=O) groups is 3. The van der Waals surface area contributed by atoms with Crippen molar-refractivity contribution in [2.24, 2.45) is 17.4 Å². The Bertz CT molecular complexity index is 708. The summed E-state index contributed by atoms with van der Waals surface area (Å²) < 4.78 is 0. The molecule has 1 fully saturated rings. The lowest BCUT2D eigenvalue weighted by atomic mass is 9.95. The number of primary amides is 2. The van der Waals surface area contributed by atoms with Gasteiger partial charge in [-0.1, -0.05) is 0 Å². The number of carbonyl (C=O) groups excluding carboxylic acids is 3. The lowest BCUT2D eigenvalue weighted by molar-refractivity contribution is -0.123. The number of likely N-dealkylation sites (tertiary alicyclic amines) is 1. The van der Waals surface area contributed by atoms with E-state index in [-0.39, 0.29) is 17.7 Å². The first kappa shape index (κ1) is 18.8. The third-order valence-electron chi connectivity index (χ3n) is 5.32. The van der Waals surface area contributed by atoms with Gasteiger partial charge in [-0.2, -0.15) is 0 Å². The number of hydrogen-bond donors (Lipinski definition) is 3. The van der Waals surface area contributed by atoms with Crippen molar-refractivity contribution >= 4 is 34.1 Å². The van der Waals surface area contributed by atoms with Gasteiger partial charge < -0.3 is 21.7 Å². The van der Waals surface area contributed by atoms with Crippen molar-refractivity contribution in [2.75, 3.05) is 25.0 Å². The van der Waals surface area contributed by atoms with Gasteiger partial charge in [0.1, 0.15) is 5.00 Å². The van der Waals surface area contributed by atoms with Crippen LogP contribution in [-0.4, -0.2) is 42.3 Å². The average Bonchev–Trinajstić information content (AvgIpc) is 2.98. The predicted octanol–water partition coefficient (Wildman–Crippen LogP) is 1.25. The van der Waals surface area contributed by atoms with Gasteiger partial charge in [-0.25, -0.2) is 0 Å². The SMILES string of the molecule is NC(=O)c1c(NC(=O)CCN2CCC(C(N)=O)CC2)sc2c1CCCC2. The van der Waals surface area contributed by atoms with E-state index in [1.165, 1.54) is 16.2 Å². The molecule has 5 N–H and O–H groups in total. The number of amides is 3. The average molecular weight is 378 g/mol. The van der Waals surface area contributed by atoms with E-state index in [4.69, 9.17) is 11.5 Å². The zero-order valence-corrected chi connectivity index (χ0v) is 15.7. The van der Waals surface area contributed by atoms with E-state index in [1.807, 2.05) is 0 Å². The van der Waals surface area contributed by atoms with Crippen molar-refractivity contribution in [2.45, 2.75) is 44.9 Å². The third kappa shape index (κ3) is 4.24. The molecule has 3 amide bonds. The highest BCUT2D eigenvalue weighted by Gasteiger charge is 2.26. The lowest BCUT2D eigenvalue weighted by Gasteiger charge is -2.30. The minimum Gasteiger partial charge on any atom is -0.369 e. The Balaban J connectivity index is 1.55. The Hall–Kier alpha value is -1.93. The van der Waals surface area contributed by atoms with Crippen LogP contribution in [0.5, 0.6) is 0 Å². The van der Waals surface area contributed by atoms with Crippen LogP contribution >= 0.6 is 11.3 Å². The number of piperidine rings is 1. The second kappa shape index (κ2) is 8.18. The van der Waals surface area contributed by atoms with Gasteiger partial charge in [0, 0.05) is 23.8 Å². The zero-order valence-electron chi connectivity index (χ0n) is 14.9. The van der Waals surface area contributed by atoms with Crippen LogP contribution in [-0.2, 0) is 22.4 Å². The van der Waals surface area contributed by atoms with Crippen molar-refractivity contribution in [3.05, 3.63) is 16.0 Å². The largest absolute Gasteiger partial charge is 0.369 e. The molecule has 0 unspecified atom stereocenters. The van der Waals surface area contributed by atoms with Gasteiger partial charge in [-0.3, -0.25) is 14.4 Å². The van der Waals surface area contributed by atoms with Crippen LogP contribution in [0, 0.1) is 5.92 Å². The summed E-state index contributed by atoms with van der Waals surface area (Å²) in [4.78, 5) is 38.8. The van der Waals surface area contributed by atoms with Gasteiger partial charge in [0.25, 0.3) is 5.91 Å². The Kier molecular flexibility index (Phi) is 5.93.